The van der Waals surface area contributed by atoms with Crippen LogP contribution < -0.4 is 10.6 Å². The molecule has 1 atom stereocenters. The lowest BCUT2D eigenvalue weighted by Gasteiger charge is -2.20. The van der Waals surface area contributed by atoms with Crippen LogP contribution in [0, 0.1) is 5.92 Å². The standard InChI is InChI=1S/C12H18N4O4/c1-13-11(17)10-4-9(20-15-10)7-16(12(18)19)6-8-2-3-14-5-8/h4,8,14H,2-3,5-7H2,1H3,(H,13,17)(H,18,19). The van der Waals surface area contributed by atoms with Crippen molar-refractivity contribution in [2.45, 2.75) is 13.0 Å². The summed E-state index contributed by atoms with van der Waals surface area (Å²) in [6.45, 7) is 2.28. The summed E-state index contributed by atoms with van der Waals surface area (Å²) in [5, 5.41) is 18.5. The Kier molecular flexibility index (Phi) is 4.57. The van der Waals surface area contributed by atoms with Gasteiger partial charge in [-0.15, -0.1) is 0 Å². The number of carbonyl (C=O) groups excluding carboxylic acids is 1. The van der Waals surface area contributed by atoms with Crippen LogP contribution in [0.1, 0.15) is 22.7 Å². The average molecular weight is 282 g/mol. The molecule has 20 heavy (non-hydrogen) atoms. The first kappa shape index (κ1) is 14.3. The number of carboxylic acid groups (broad SMARTS) is 1. The summed E-state index contributed by atoms with van der Waals surface area (Å²) in [4.78, 5) is 23.9. The topological polar surface area (TPSA) is 108 Å². The monoisotopic (exact) mass is 282 g/mol. The molecule has 1 aliphatic heterocycles. The van der Waals surface area contributed by atoms with Gasteiger partial charge in [0.15, 0.2) is 11.5 Å². The van der Waals surface area contributed by atoms with E-state index >= 15 is 0 Å². The van der Waals surface area contributed by atoms with Crippen LogP contribution in [0.15, 0.2) is 10.6 Å². The molecule has 2 rings (SSSR count). The Bertz CT molecular complexity index is 482. The minimum atomic E-state index is -1.00. The van der Waals surface area contributed by atoms with Gasteiger partial charge in [0, 0.05) is 19.7 Å². The fourth-order valence-electron chi connectivity index (χ4n) is 2.20. The Morgan fingerprint density at radius 1 is 1.65 bits per heavy atom. The first-order chi connectivity index (χ1) is 9.60. The van der Waals surface area contributed by atoms with Crippen molar-refractivity contribution in [3.63, 3.8) is 0 Å². The molecule has 8 nitrogen and oxygen atoms in total. The van der Waals surface area contributed by atoms with Gasteiger partial charge in [-0.3, -0.25) is 4.79 Å². The Labute approximate surface area is 116 Å². The highest BCUT2D eigenvalue weighted by atomic mass is 16.5. The second-order valence-corrected chi connectivity index (χ2v) is 4.78. The number of nitrogens with zero attached hydrogens (tertiary/aromatic N) is 2. The van der Waals surface area contributed by atoms with Gasteiger partial charge in [0.25, 0.3) is 5.91 Å². The van der Waals surface area contributed by atoms with Gasteiger partial charge < -0.3 is 25.2 Å². The molecular formula is C12H18N4O4. The third-order valence-electron chi connectivity index (χ3n) is 3.28. The molecule has 0 spiro atoms. The highest BCUT2D eigenvalue weighted by Crippen LogP contribution is 2.13. The Hall–Kier alpha value is -2.09. The van der Waals surface area contributed by atoms with Gasteiger partial charge in [-0.2, -0.15) is 0 Å². The molecule has 0 radical (unpaired) electrons. The lowest BCUT2D eigenvalue weighted by atomic mass is 10.1. The SMILES string of the molecule is CNC(=O)c1cc(CN(CC2CCNC2)C(=O)O)on1. The number of amides is 2. The molecule has 1 aliphatic rings. The molecule has 2 amide bonds. The fraction of sp³-hybridized carbons (Fsp3) is 0.583. The van der Waals surface area contributed by atoms with Gasteiger partial charge in [0.1, 0.15) is 0 Å². The van der Waals surface area contributed by atoms with Crippen molar-refractivity contribution < 1.29 is 19.2 Å². The maximum absolute atomic E-state index is 11.4. The Balaban J connectivity index is 1.98. The van der Waals surface area contributed by atoms with Crippen molar-refractivity contribution >= 4 is 12.0 Å². The predicted octanol–water partition coefficient (Wildman–Crippen LogP) is 0.124. The molecule has 2 heterocycles. The van der Waals surface area contributed by atoms with Crippen LogP contribution in [0.4, 0.5) is 4.79 Å². The first-order valence-corrected chi connectivity index (χ1v) is 6.46. The van der Waals surface area contributed by atoms with E-state index in [4.69, 9.17) is 4.52 Å². The summed E-state index contributed by atoms with van der Waals surface area (Å²) in [5.41, 5.74) is 0.148. The summed E-state index contributed by atoms with van der Waals surface area (Å²) in [6.07, 6.45) is -0.0428. The van der Waals surface area contributed by atoms with Gasteiger partial charge in [0.05, 0.1) is 6.54 Å². The van der Waals surface area contributed by atoms with Crippen LogP contribution in [-0.4, -0.2) is 53.8 Å². The minimum absolute atomic E-state index is 0.0931. The van der Waals surface area contributed by atoms with E-state index in [1.54, 1.807) is 0 Å². The van der Waals surface area contributed by atoms with Gasteiger partial charge in [-0.25, -0.2) is 4.79 Å². The molecule has 1 saturated heterocycles. The van der Waals surface area contributed by atoms with Crippen LogP contribution in [0.2, 0.25) is 0 Å². The third-order valence-corrected chi connectivity index (χ3v) is 3.28. The van der Waals surface area contributed by atoms with Crippen molar-refractivity contribution in [1.82, 2.24) is 20.7 Å². The van der Waals surface area contributed by atoms with Crippen molar-refractivity contribution in [2.75, 3.05) is 26.7 Å². The number of nitrogens with one attached hydrogen (secondary N) is 2. The molecule has 1 fully saturated rings. The fourth-order valence-corrected chi connectivity index (χ4v) is 2.20. The van der Waals surface area contributed by atoms with Crippen molar-refractivity contribution in [1.29, 1.82) is 0 Å². The Morgan fingerprint density at radius 3 is 3.05 bits per heavy atom. The smallest absolute Gasteiger partial charge is 0.407 e. The average Bonchev–Trinajstić information content (AvgIpc) is 3.08. The molecule has 0 aliphatic carbocycles. The molecule has 1 aromatic rings. The summed E-state index contributed by atoms with van der Waals surface area (Å²) >= 11 is 0. The summed E-state index contributed by atoms with van der Waals surface area (Å²) in [6, 6.07) is 1.46. The van der Waals surface area contributed by atoms with E-state index in [9.17, 15) is 14.7 Å². The van der Waals surface area contributed by atoms with Gasteiger partial charge in [0.2, 0.25) is 0 Å². The zero-order valence-corrected chi connectivity index (χ0v) is 11.3. The van der Waals surface area contributed by atoms with E-state index in [1.165, 1.54) is 18.0 Å². The second kappa shape index (κ2) is 6.38. The quantitative estimate of drug-likeness (QED) is 0.708. The zero-order chi connectivity index (χ0) is 14.5. The van der Waals surface area contributed by atoms with Crippen molar-refractivity contribution in [2.24, 2.45) is 5.92 Å². The van der Waals surface area contributed by atoms with E-state index in [0.29, 0.717) is 18.2 Å². The van der Waals surface area contributed by atoms with E-state index in [-0.39, 0.29) is 18.1 Å². The number of carbonyl (C=O) groups is 2. The maximum atomic E-state index is 11.4. The highest BCUT2D eigenvalue weighted by molar-refractivity contribution is 5.91. The van der Waals surface area contributed by atoms with Crippen LogP contribution >= 0.6 is 0 Å². The minimum Gasteiger partial charge on any atom is -0.465 e. The van der Waals surface area contributed by atoms with E-state index < -0.39 is 6.09 Å². The molecule has 0 aromatic carbocycles. The molecule has 1 unspecified atom stereocenters. The lowest BCUT2D eigenvalue weighted by molar-refractivity contribution is 0.0953. The molecule has 110 valence electrons. The zero-order valence-electron chi connectivity index (χ0n) is 11.3. The summed E-state index contributed by atoms with van der Waals surface area (Å²) in [5.74, 6) is 0.311. The number of hydrogen-bond acceptors (Lipinski definition) is 5. The van der Waals surface area contributed by atoms with Gasteiger partial charge in [-0.05, 0) is 25.4 Å². The first-order valence-electron chi connectivity index (χ1n) is 6.46. The predicted molar refractivity (Wildman–Crippen MR) is 69.3 cm³/mol. The summed E-state index contributed by atoms with van der Waals surface area (Å²) in [7, 11) is 1.49. The molecule has 8 heteroatoms. The van der Waals surface area contributed by atoms with E-state index in [1.807, 2.05) is 0 Å². The van der Waals surface area contributed by atoms with Crippen LogP contribution in [0.3, 0.4) is 0 Å². The van der Waals surface area contributed by atoms with E-state index in [2.05, 4.69) is 15.8 Å². The van der Waals surface area contributed by atoms with Crippen LogP contribution in [-0.2, 0) is 6.54 Å². The van der Waals surface area contributed by atoms with Crippen molar-refractivity contribution in [3.8, 4) is 0 Å². The van der Waals surface area contributed by atoms with Gasteiger partial charge >= 0.3 is 6.09 Å². The molecule has 3 N–H and O–H groups in total. The number of hydrogen-bond donors (Lipinski definition) is 3. The summed E-state index contributed by atoms with van der Waals surface area (Å²) < 4.78 is 5.00. The second-order valence-electron chi connectivity index (χ2n) is 4.78. The number of rotatable bonds is 5. The number of aromatic nitrogens is 1. The van der Waals surface area contributed by atoms with Crippen LogP contribution in [0.25, 0.3) is 0 Å². The third kappa shape index (κ3) is 3.47. The molecule has 0 saturated carbocycles. The lowest BCUT2D eigenvalue weighted by Crippen LogP contribution is -2.34. The normalized spacial score (nSPS) is 17.9. The van der Waals surface area contributed by atoms with Crippen molar-refractivity contribution in [3.05, 3.63) is 17.5 Å². The largest absolute Gasteiger partial charge is 0.465 e. The molecule has 0 bridgehead atoms. The van der Waals surface area contributed by atoms with Gasteiger partial charge in [-0.1, -0.05) is 5.16 Å². The van der Waals surface area contributed by atoms with E-state index in [0.717, 1.165) is 19.5 Å². The Morgan fingerprint density at radius 2 is 2.45 bits per heavy atom. The molecule has 1 aromatic heterocycles. The highest BCUT2D eigenvalue weighted by Gasteiger charge is 2.23. The molecular weight excluding hydrogens is 264 g/mol. The van der Waals surface area contributed by atoms with Crippen LogP contribution in [0.5, 0.6) is 0 Å². The maximum Gasteiger partial charge on any atom is 0.407 e.